The number of carbonyl (C=O) groups excluding carboxylic acids is 1. The van der Waals surface area contributed by atoms with Crippen LogP contribution in [-0.4, -0.2) is 41.3 Å². The van der Waals surface area contributed by atoms with Crippen molar-refractivity contribution in [1.82, 2.24) is 10.2 Å². The monoisotopic (exact) mass is 456 g/mol. The van der Waals surface area contributed by atoms with Crippen molar-refractivity contribution in [1.29, 1.82) is 0 Å². The van der Waals surface area contributed by atoms with Gasteiger partial charge in [0.2, 0.25) is 0 Å². The Balaban J connectivity index is 0.000000547. The maximum absolute atomic E-state index is 11.3. The van der Waals surface area contributed by atoms with Crippen LogP contribution in [0, 0.1) is 5.92 Å². The number of likely N-dealkylation sites (tertiary alicyclic amines) is 1. The van der Waals surface area contributed by atoms with Gasteiger partial charge in [-0.1, -0.05) is 51.5 Å². The summed E-state index contributed by atoms with van der Waals surface area (Å²) < 4.78 is 0. The van der Waals surface area contributed by atoms with E-state index in [1.807, 2.05) is 18.7 Å². The number of piperidine rings is 1. The largest absolute Gasteiger partial charge is 0.387 e. The summed E-state index contributed by atoms with van der Waals surface area (Å²) in [6, 6.07) is 7.55. The molecule has 0 aromatic heterocycles. The molecule has 178 valence electrons. The van der Waals surface area contributed by atoms with Gasteiger partial charge >= 0.3 is 0 Å². The zero-order valence-electron chi connectivity index (χ0n) is 21.0. The van der Waals surface area contributed by atoms with Gasteiger partial charge < -0.3 is 5.32 Å². The lowest BCUT2D eigenvalue weighted by Crippen LogP contribution is -2.50. The van der Waals surface area contributed by atoms with Crippen molar-refractivity contribution in [3.05, 3.63) is 53.7 Å². The molecule has 1 aliphatic carbocycles. The van der Waals surface area contributed by atoms with Gasteiger partial charge in [-0.3, -0.25) is 9.69 Å². The van der Waals surface area contributed by atoms with Gasteiger partial charge in [0.1, 0.15) is 5.78 Å². The quantitative estimate of drug-likeness (QED) is 0.486. The second-order valence-corrected chi connectivity index (χ2v) is 10.3. The Hall–Kier alpha value is -1.52. The number of allylic oxidation sites excluding steroid dienone is 1. The highest BCUT2D eigenvalue weighted by Gasteiger charge is 2.41. The molecular formula is C28H44N2OS. The van der Waals surface area contributed by atoms with E-state index in [-0.39, 0.29) is 0 Å². The Morgan fingerprint density at radius 3 is 2.69 bits per heavy atom. The van der Waals surface area contributed by atoms with Gasteiger partial charge in [-0.15, -0.1) is 6.58 Å². The smallest absolute Gasteiger partial charge is 0.139 e. The summed E-state index contributed by atoms with van der Waals surface area (Å²) in [6.07, 6.45) is 8.92. The molecule has 1 aromatic rings. The van der Waals surface area contributed by atoms with E-state index < -0.39 is 0 Å². The number of hydrogen-bond acceptors (Lipinski definition) is 4. The number of carbonyl (C=O) groups is 1. The first-order valence-electron chi connectivity index (χ1n) is 12.4. The lowest BCUT2D eigenvalue weighted by Gasteiger charge is -2.49. The van der Waals surface area contributed by atoms with Crippen molar-refractivity contribution in [3.8, 4) is 0 Å². The van der Waals surface area contributed by atoms with E-state index in [9.17, 15) is 4.79 Å². The third-order valence-corrected chi connectivity index (χ3v) is 7.40. The molecule has 0 saturated carbocycles. The molecule has 2 aliphatic heterocycles. The minimum atomic E-state index is 0.297. The van der Waals surface area contributed by atoms with Crippen LogP contribution in [-0.2, 0) is 11.3 Å². The standard InChI is InChI=1S/C22H30N2OS.C3H8.C3H6/c1-3-7-24-12-16(14-26-13-15(2)25)8-20-19-6-4-5-17-10-23-11-18(22(17)19)9-21(20)24;2*1-3-2/h4-6,11,16,20-21,23H,3,7-10,12-14H2,1-2H3;3H2,1-2H3;3H,1H2,2H3. The first kappa shape index (κ1) is 26.7. The van der Waals surface area contributed by atoms with E-state index in [1.165, 1.54) is 49.9 Å². The number of fused-ring (bicyclic) bond motifs is 2. The Morgan fingerprint density at radius 1 is 1.31 bits per heavy atom. The Labute approximate surface area is 201 Å². The molecule has 3 aliphatic rings. The average molecular weight is 457 g/mol. The van der Waals surface area contributed by atoms with Gasteiger partial charge in [0, 0.05) is 31.2 Å². The van der Waals surface area contributed by atoms with Crippen molar-refractivity contribution in [2.24, 2.45) is 5.92 Å². The summed E-state index contributed by atoms with van der Waals surface area (Å²) in [4.78, 5) is 14.1. The second-order valence-electron chi connectivity index (χ2n) is 9.24. The maximum atomic E-state index is 11.3. The molecule has 1 saturated heterocycles. The Bertz CT molecular complexity index is 773. The highest BCUT2D eigenvalue weighted by atomic mass is 32.2. The van der Waals surface area contributed by atoms with Crippen molar-refractivity contribution >= 4 is 23.1 Å². The van der Waals surface area contributed by atoms with Crippen LogP contribution in [0.3, 0.4) is 0 Å². The lowest BCUT2D eigenvalue weighted by molar-refractivity contribution is -0.114. The number of Topliss-reactive ketones (excluding diaryl/α,β-unsaturated/α-hetero) is 1. The molecule has 1 N–H and O–H groups in total. The number of rotatable bonds is 6. The molecule has 0 spiro atoms. The SMILES string of the molecule is C=CC.CCC.CCCN1CC(CSCC(C)=O)CC2c3cccc4c3C(=CNC4)CC21. The number of nitrogens with zero attached hydrogens (tertiary/aromatic N) is 1. The van der Waals surface area contributed by atoms with Crippen LogP contribution >= 0.6 is 11.8 Å². The Kier molecular flexibility index (Phi) is 11.6. The highest BCUT2D eigenvalue weighted by molar-refractivity contribution is 7.99. The van der Waals surface area contributed by atoms with Crippen molar-refractivity contribution < 1.29 is 4.79 Å². The predicted molar refractivity (Wildman–Crippen MR) is 142 cm³/mol. The summed E-state index contributed by atoms with van der Waals surface area (Å²) in [7, 11) is 0. The summed E-state index contributed by atoms with van der Waals surface area (Å²) in [5.74, 6) is 3.41. The summed E-state index contributed by atoms with van der Waals surface area (Å²) in [5.41, 5.74) is 6.09. The number of hydrogen-bond donors (Lipinski definition) is 1. The Morgan fingerprint density at radius 2 is 2.03 bits per heavy atom. The van der Waals surface area contributed by atoms with Crippen LogP contribution in [0.1, 0.15) is 82.9 Å². The minimum Gasteiger partial charge on any atom is -0.387 e. The zero-order valence-corrected chi connectivity index (χ0v) is 21.8. The van der Waals surface area contributed by atoms with Crippen LogP contribution in [0.2, 0.25) is 0 Å². The third-order valence-electron chi connectivity index (χ3n) is 6.08. The summed E-state index contributed by atoms with van der Waals surface area (Å²) >= 11 is 1.83. The van der Waals surface area contributed by atoms with Gasteiger partial charge in [-0.25, -0.2) is 0 Å². The van der Waals surface area contributed by atoms with Crippen LogP contribution in [0.5, 0.6) is 0 Å². The van der Waals surface area contributed by atoms with Crippen LogP contribution < -0.4 is 5.32 Å². The molecule has 1 aromatic carbocycles. The first-order chi connectivity index (χ1) is 15.5. The van der Waals surface area contributed by atoms with Crippen molar-refractivity contribution in [2.75, 3.05) is 24.6 Å². The number of thioether (sulfide) groups is 1. The van der Waals surface area contributed by atoms with Gasteiger partial charge in [0.05, 0.1) is 5.75 Å². The molecule has 1 fully saturated rings. The maximum Gasteiger partial charge on any atom is 0.139 e. The topological polar surface area (TPSA) is 32.3 Å². The van der Waals surface area contributed by atoms with Crippen LogP contribution in [0.4, 0.5) is 0 Å². The van der Waals surface area contributed by atoms with E-state index in [0.717, 1.165) is 12.3 Å². The summed E-state index contributed by atoms with van der Waals surface area (Å²) in [6.45, 7) is 16.8. The van der Waals surface area contributed by atoms with Crippen molar-refractivity contribution in [3.63, 3.8) is 0 Å². The average Bonchev–Trinajstić information content (AvgIpc) is 2.76. The lowest BCUT2D eigenvalue weighted by atomic mass is 9.69. The number of nitrogens with one attached hydrogen (secondary N) is 1. The molecule has 4 rings (SSSR count). The fourth-order valence-corrected chi connectivity index (χ4v) is 6.14. The van der Waals surface area contributed by atoms with E-state index in [1.54, 1.807) is 24.1 Å². The molecule has 3 nitrogen and oxygen atoms in total. The van der Waals surface area contributed by atoms with E-state index in [4.69, 9.17) is 0 Å². The molecule has 3 unspecified atom stereocenters. The third kappa shape index (κ3) is 6.99. The molecule has 3 atom stereocenters. The normalized spacial score (nSPS) is 23.0. The van der Waals surface area contributed by atoms with Gasteiger partial charge in [-0.05, 0) is 73.6 Å². The first-order valence-corrected chi connectivity index (χ1v) is 13.6. The van der Waals surface area contributed by atoms with Crippen molar-refractivity contribution in [2.45, 2.75) is 78.8 Å². The minimum absolute atomic E-state index is 0.297. The van der Waals surface area contributed by atoms with E-state index >= 15 is 0 Å². The predicted octanol–water partition coefficient (Wildman–Crippen LogP) is 6.65. The molecule has 0 bridgehead atoms. The number of ketones is 1. The molecule has 32 heavy (non-hydrogen) atoms. The molecule has 2 heterocycles. The summed E-state index contributed by atoms with van der Waals surface area (Å²) in [5, 5.41) is 3.48. The van der Waals surface area contributed by atoms with Gasteiger partial charge in [0.15, 0.2) is 0 Å². The van der Waals surface area contributed by atoms with Crippen LogP contribution in [0.25, 0.3) is 5.57 Å². The molecule has 0 radical (unpaired) electrons. The van der Waals surface area contributed by atoms with E-state index in [0.29, 0.717) is 29.4 Å². The van der Waals surface area contributed by atoms with Gasteiger partial charge in [0.25, 0.3) is 0 Å². The fraction of sp³-hybridized carbons (Fsp3) is 0.607. The number of benzene rings is 1. The van der Waals surface area contributed by atoms with E-state index in [2.05, 4.69) is 62.0 Å². The fourth-order valence-electron chi connectivity index (χ4n) is 5.16. The molecular weight excluding hydrogens is 412 g/mol. The molecule has 0 amide bonds. The van der Waals surface area contributed by atoms with Gasteiger partial charge in [-0.2, -0.15) is 11.8 Å². The zero-order chi connectivity index (χ0) is 23.5. The molecule has 4 heteroatoms. The highest BCUT2D eigenvalue weighted by Crippen LogP contribution is 2.48. The van der Waals surface area contributed by atoms with Crippen LogP contribution in [0.15, 0.2) is 37.1 Å². The second kappa shape index (κ2) is 13.9.